The van der Waals surface area contributed by atoms with Crippen molar-refractivity contribution in [2.45, 2.75) is 19.4 Å². The highest BCUT2D eigenvalue weighted by molar-refractivity contribution is 7.16. The zero-order valence-corrected chi connectivity index (χ0v) is 11.3. The molecule has 0 fully saturated rings. The first-order valence-corrected chi connectivity index (χ1v) is 7.24. The Morgan fingerprint density at radius 3 is 2.94 bits per heavy atom. The maximum Gasteiger partial charge on any atom is 0.0944 e. The summed E-state index contributed by atoms with van der Waals surface area (Å²) >= 11 is 9.30. The van der Waals surface area contributed by atoms with E-state index in [0.717, 1.165) is 22.3 Å². The van der Waals surface area contributed by atoms with Crippen LogP contribution in [-0.2, 0) is 6.42 Å². The van der Waals surface area contributed by atoms with E-state index in [4.69, 9.17) is 11.6 Å². The molecular weight excluding hydrogens is 260 g/mol. The molecule has 0 aliphatic carbocycles. The minimum Gasteiger partial charge on any atom is -0.309 e. The molecule has 2 aromatic heterocycles. The average Bonchev–Trinajstić information content (AvgIpc) is 2.88. The predicted molar refractivity (Wildman–Crippen MR) is 71.6 cm³/mol. The van der Waals surface area contributed by atoms with Crippen LogP contribution in [-0.4, -0.2) is 11.5 Å². The third kappa shape index (κ3) is 3.04. The summed E-state index contributed by atoms with van der Waals surface area (Å²) in [6.07, 6.45) is 2.78. The van der Waals surface area contributed by atoms with Crippen molar-refractivity contribution in [3.05, 3.63) is 37.9 Å². The largest absolute Gasteiger partial charge is 0.309 e. The smallest absolute Gasteiger partial charge is 0.0944 e. The van der Waals surface area contributed by atoms with Gasteiger partial charge in [-0.25, -0.2) is 4.98 Å². The highest BCUT2D eigenvalue weighted by atomic mass is 35.5. The molecule has 0 saturated heterocycles. The third-order valence-electron chi connectivity index (χ3n) is 2.25. The van der Waals surface area contributed by atoms with Gasteiger partial charge in [-0.15, -0.1) is 22.7 Å². The molecule has 1 unspecified atom stereocenters. The molecule has 0 amide bonds. The summed E-state index contributed by atoms with van der Waals surface area (Å²) in [6, 6.07) is 4.37. The number of hydrogen-bond donors (Lipinski definition) is 1. The Balaban J connectivity index is 2.11. The predicted octanol–water partition coefficient (Wildman–Crippen LogP) is 3.75. The van der Waals surface area contributed by atoms with E-state index in [0.29, 0.717) is 6.04 Å². The maximum absolute atomic E-state index is 5.96. The molecule has 0 aliphatic heterocycles. The lowest BCUT2D eigenvalue weighted by atomic mass is 10.2. The second kappa shape index (κ2) is 5.77. The first kappa shape index (κ1) is 12.0. The number of rotatable bonds is 5. The lowest BCUT2D eigenvalue weighted by Gasteiger charge is -2.14. The first-order valence-electron chi connectivity index (χ1n) is 5.16. The van der Waals surface area contributed by atoms with Crippen LogP contribution in [0.15, 0.2) is 23.7 Å². The molecule has 2 rings (SSSR count). The molecular formula is C11H13ClN2S2. The SMILES string of the molecule is CCNC(Cc1nccs1)c1ccc(Cl)s1. The lowest BCUT2D eigenvalue weighted by molar-refractivity contribution is 0.557. The number of nitrogens with zero attached hydrogens (tertiary/aromatic N) is 1. The zero-order chi connectivity index (χ0) is 11.4. The highest BCUT2D eigenvalue weighted by Crippen LogP contribution is 2.29. The van der Waals surface area contributed by atoms with Gasteiger partial charge in [0.15, 0.2) is 0 Å². The number of likely N-dealkylation sites (N-methyl/N-ethyl adjacent to an activating group) is 1. The molecule has 2 aromatic rings. The quantitative estimate of drug-likeness (QED) is 0.897. The van der Waals surface area contributed by atoms with E-state index in [1.165, 1.54) is 4.88 Å². The van der Waals surface area contributed by atoms with Gasteiger partial charge in [0, 0.05) is 28.9 Å². The Morgan fingerprint density at radius 2 is 2.38 bits per heavy atom. The Bertz CT molecular complexity index is 425. The number of nitrogens with one attached hydrogen (secondary N) is 1. The van der Waals surface area contributed by atoms with Crippen LogP contribution in [0.5, 0.6) is 0 Å². The zero-order valence-electron chi connectivity index (χ0n) is 8.94. The lowest BCUT2D eigenvalue weighted by Crippen LogP contribution is -2.21. The molecule has 0 aromatic carbocycles. The van der Waals surface area contributed by atoms with E-state index in [2.05, 4.69) is 23.3 Å². The molecule has 2 heterocycles. The molecule has 1 N–H and O–H groups in total. The van der Waals surface area contributed by atoms with Gasteiger partial charge in [0.1, 0.15) is 0 Å². The van der Waals surface area contributed by atoms with E-state index in [-0.39, 0.29) is 0 Å². The molecule has 16 heavy (non-hydrogen) atoms. The van der Waals surface area contributed by atoms with Gasteiger partial charge in [0.25, 0.3) is 0 Å². The van der Waals surface area contributed by atoms with Crippen LogP contribution >= 0.6 is 34.3 Å². The Kier molecular flexibility index (Phi) is 4.35. The molecule has 2 nitrogen and oxygen atoms in total. The van der Waals surface area contributed by atoms with E-state index < -0.39 is 0 Å². The normalized spacial score (nSPS) is 12.9. The molecule has 0 radical (unpaired) electrons. The summed E-state index contributed by atoms with van der Waals surface area (Å²) in [4.78, 5) is 5.60. The second-order valence-electron chi connectivity index (χ2n) is 3.38. The summed E-state index contributed by atoms with van der Waals surface area (Å²) in [6.45, 7) is 3.07. The van der Waals surface area contributed by atoms with Gasteiger partial charge in [-0.2, -0.15) is 0 Å². The third-order valence-corrected chi connectivity index (χ3v) is 4.40. The number of aromatic nitrogens is 1. The first-order chi connectivity index (χ1) is 7.79. The van der Waals surface area contributed by atoms with Crippen molar-refractivity contribution in [1.82, 2.24) is 10.3 Å². The standard InChI is InChI=1S/C11H13ClN2S2/c1-2-13-8(7-11-14-5-6-15-11)9-3-4-10(12)16-9/h3-6,8,13H,2,7H2,1H3. The summed E-state index contributed by atoms with van der Waals surface area (Å²) in [7, 11) is 0. The van der Waals surface area contributed by atoms with Crippen LogP contribution in [0.4, 0.5) is 0 Å². The fraction of sp³-hybridized carbons (Fsp3) is 0.364. The Hall–Kier alpha value is -0.420. The van der Waals surface area contributed by atoms with Crippen molar-refractivity contribution >= 4 is 34.3 Å². The van der Waals surface area contributed by atoms with Crippen LogP contribution in [0.3, 0.4) is 0 Å². The van der Waals surface area contributed by atoms with E-state index in [1.807, 2.05) is 17.6 Å². The molecule has 0 bridgehead atoms. The number of thiazole rings is 1. The van der Waals surface area contributed by atoms with E-state index >= 15 is 0 Å². The summed E-state index contributed by atoms with van der Waals surface area (Å²) < 4.78 is 0.844. The minimum atomic E-state index is 0.327. The summed E-state index contributed by atoms with van der Waals surface area (Å²) in [5.41, 5.74) is 0. The number of thiophene rings is 1. The van der Waals surface area contributed by atoms with Gasteiger partial charge in [-0.05, 0) is 18.7 Å². The summed E-state index contributed by atoms with van der Waals surface area (Å²) in [5.74, 6) is 0. The maximum atomic E-state index is 5.96. The van der Waals surface area contributed by atoms with Crippen LogP contribution < -0.4 is 5.32 Å². The monoisotopic (exact) mass is 272 g/mol. The Morgan fingerprint density at radius 1 is 1.50 bits per heavy atom. The molecule has 5 heteroatoms. The minimum absolute atomic E-state index is 0.327. The van der Waals surface area contributed by atoms with Gasteiger partial charge in [-0.3, -0.25) is 0 Å². The van der Waals surface area contributed by atoms with Gasteiger partial charge >= 0.3 is 0 Å². The molecule has 86 valence electrons. The molecule has 0 aliphatic rings. The van der Waals surface area contributed by atoms with E-state index in [9.17, 15) is 0 Å². The van der Waals surface area contributed by atoms with Gasteiger partial charge in [-0.1, -0.05) is 18.5 Å². The van der Waals surface area contributed by atoms with E-state index in [1.54, 1.807) is 22.7 Å². The Labute approximate surface area is 108 Å². The van der Waals surface area contributed by atoms with Crippen molar-refractivity contribution in [3.63, 3.8) is 0 Å². The van der Waals surface area contributed by atoms with Gasteiger partial charge < -0.3 is 5.32 Å². The molecule has 0 saturated carbocycles. The van der Waals surface area contributed by atoms with Crippen molar-refractivity contribution in [1.29, 1.82) is 0 Å². The molecule has 0 spiro atoms. The molecule has 1 atom stereocenters. The average molecular weight is 273 g/mol. The fourth-order valence-corrected chi connectivity index (χ4v) is 3.36. The van der Waals surface area contributed by atoms with Crippen LogP contribution in [0.25, 0.3) is 0 Å². The van der Waals surface area contributed by atoms with Gasteiger partial charge in [0.2, 0.25) is 0 Å². The van der Waals surface area contributed by atoms with Crippen molar-refractivity contribution in [3.8, 4) is 0 Å². The topological polar surface area (TPSA) is 24.9 Å². The fourth-order valence-electron chi connectivity index (χ4n) is 1.56. The van der Waals surface area contributed by atoms with Crippen LogP contribution in [0.1, 0.15) is 22.9 Å². The van der Waals surface area contributed by atoms with Crippen LogP contribution in [0, 0.1) is 0 Å². The summed E-state index contributed by atoms with van der Waals surface area (Å²) in [5, 5.41) is 6.65. The van der Waals surface area contributed by atoms with Crippen LogP contribution in [0.2, 0.25) is 4.34 Å². The van der Waals surface area contributed by atoms with Gasteiger partial charge in [0.05, 0.1) is 9.34 Å². The number of hydrogen-bond acceptors (Lipinski definition) is 4. The van der Waals surface area contributed by atoms with Crippen molar-refractivity contribution in [2.75, 3.05) is 6.54 Å². The van der Waals surface area contributed by atoms with Crippen molar-refractivity contribution < 1.29 is 0 Å². The highest BCUT2D eigenvalue weighted by Gasteiger charge is 2.14. The van der Waals surface area contributed by atoms with Crippen molar-refractivity contribution in [2.24, 2.45) is 0 Å². The number of halogens is 1. The second-order valence-corrected chi connectivity index (χ2v) is 6.11.